The molecule has 0 saturated heterocycles. The second kappa shape index (κ2) is 5.89. The Bertz CT molecular complexity index is 934. The molecule has 24 heavy (non-hydrogen) atoms. The first-order valence-electron chi connectivity index (χ1n) is 7.97. The van der Waals surface area contributed by atoms with Gasteiger partial charge in [0.2, 0.25) is 0 Å². The number of fused-ring (bicyclic) bond motifs is 1. The number of nitrogens with one attached hydrogen (secondary N) is 1. The zero-order valence-corrected chi connectivity index (χ0v) is 13.0. The van der Waals surface area contributed by atoms with Crippen LogP contribution in [-0.2, 0) is 4.79 Å². The lowest BCUT2D eigenvalue weighted by Gasteiger charge is -2.20. The molecule has 0 aromatic carbocycles. The van der Waals surface area contributed by atoms with E-state index in [4.69, 9.17) is 5.26 Å². The quantitative estimate of drug-likeness (QED) is 0.796. The summed E-state index contributed by atoms with van der Waals surface area (Å²) in [5, 5.41) is 14.6. The highest BCUT2D eigenvalue weighted by atomic mass is 16.1. The normalized spacial score (nSPS) is 18.8. The van der Waals surface area contributed by atoms with Crippen molar-refractivity contribution in [3.05, 3.63) is 31.0 Å². The van der Waals surface area contributed by atoms with E-state index >= 15 is 0 Å². The van der Waals surface area contributed by atoms with E-state index in [0.29, 0.717) is 19.3 Å². The fourth-order valence-corrected chi connectivity index (χ4v) is 3.49. The van der Waals surface area contributed by atoms with Crippen LogP contribution in [0, 0.1) is 17.2 Å². The van der Waals surface area contributed by atoms with E-state index in [0.717, 1.165) is 28.7 Å². The van der Waals surface area contributed by atoms with Crippen LogP contribution in [0.5, 0.6) is 0 Å². The lowest BCUT2D eigenvalue weighted by molar-refractivity contribution is -0.117. The monoisotopic (exact) mass is 320 g/mol. The van der Waals surface area contributed by atoms with Crippen LogP contribution in [0.25, 0.3) is 22.3 Å². The summed E-state index contributed by atoms with van der Waals surface area (Å²) in [6, 6.07) is 4.09. The number of hydrogen-bond donors (Lipinski definition) is 1. The fourth-order valence-electron chi connectivity index (χ4n) is 3.49. The second-order valence-corrected chi connectivity index (χ2v) is 6.14. The van der Waals surface area contributed by atoms with E-state index in [1.807, 2.05) is 23.1 Å². The average Bonchev–Trinajstić information content (AvgIpc) is 3.32. The van der Waals surface area contributed by atoms with Crippen LogP contribution in [-0.4, -0.2) is 30.5 Å². The van der Waals surface area contributed by atoms with Gasteiger partial charge >= 0.3 is 0 Å². The van der Waals surface area contributed by atoms with Crippen LogP contribution in [0.3, 0.4) is 0 Å². The van der Waals surface area contributed by atoms with E-state index in [1.165, 1.54) is 6.33 Å². The molecule has 7 nitrogen and oxygen atoms in total. The molecule has 0 aliphatic heterocycles. The first kappa shape index (κ1) is 14.6. The number of rotatable bonds is 4. The van der Waals surface area contributed by atoms with Gasteiger partial charge in [0.1, 0.15) is 17.8 Å². The Morgan fingerprint density at radius 3 is 3.17 bits per heavy atom. The number of carbonyl (C=O) groups is 1. The van der Waals surface area contributed by atoms with E-state index < -0.39 is 0 Å². The number of nitrogens with zero attached hydrogens (tertiary/aromatic N) is 5. The lowest BCUT2D eigenvalue weighted by Crippen LogP contribution is -2.18. The number of nitriles is 1. The molecule has 1 aliphatic rings. The van der Waals surface area contributed by atoms with Gasteiger partial charge < -0.3 is 4.98 Å². The van der Waals surface area contributed by atoms with Gasteiger partial charge in [-0.05, 0) is 18.4 Å². The molecule has 1 saturated carbocycles. The third kappa shape index (κ3) is 2.46. The Kier molecular flexibility index (Phi) is 3.58. The minimum atomic E-state index is -0.0706. The summed E-state index contributed by atoms with van der Waals surface area (Å²) < 4.78 is 1.82. The Morgan fingerprint density at radius 2 is 2.38 bits per heavy atom. The zero-order valence-electron chi connectivity index (χ0n) is 13.0. The first-order valence-corrected chi connectivity index (χ1v) is 7.97. The predicted octanol–water partition coefficient (Wildman–Crippen LogP) is 2.65. The summed E-state index contributed by atoms with van der Waals surface area (Å²) >= 11 is 0. The van der Waals surface area contributed by atoms with Gasteiger partial charge in [0.15, 0.2) is 0 Å². The smallest absolute Gasteiger partial charge is 0.141 e. The number of aromatic nitrogens is 5. The van der Waals surface area contributed by atoms with Gasteiger partial charge in [-0.15, -0.1) is 0 Å². The summed E-state index contributed by atoms with van der Waals surface area (Å²) in [6.07, 6.45) is 9.35. The van der Waals surface area contributed by atoms with Crippen molar-refractivity contribution in [1.82, 2.24) is 24.7 Å². The van der Waals surface area contributed by atoms with Gasteiger partial charge in [-0.25, -0.2) is 9.97 Å². The Balaban J connectivity index is 1.69. The van der Waals surface area contributed by atoms with Crippen molar-refractivity contribution in [2.75, 3.05) is 0 Å². The standard InChI is InChI=1S/C17H16N6O/c18-5-3-15(11-1-2-13(24)7-11)23-9-12(8-22-23)16-14-4-6-19-17(14)21-10-20-16/h4,6,8-11,15H,1-3,7H2,(H,19,20,21)/t11?,15-/m1/s1. The lowest BCUT2D eigenvalue weighted by atomic mass is 9.96. The molecule has 1 aliphatic carbocycles. The van der Waals surface area contributed by atoms with Crippen molar-refractivity contribution < 1.29 is 4.79 Å². The molecule has 3 heterocycles. The van der Waals surface area contributed by atoms with Gasteiger partial charge in [-0.2, -0.15) is 10.4 Å². The average molecular weight is 320 g/mol. The molecule has 0 spiro atoms. The number of carbonyl (C=O) groups excluding carboxylic acids is 1. The minimum Gasteiger partial charge on any atom is -0.346 e. The zero-order chi connectivity index (χ0) is 16.5. The van der Waals surface area contributed by atoms with Crippen LogP contribution >= 0.6 is 0 Å². The Hall–Kier alpha value is -3.01. The molecule has 1 unspecified atom stereocenters. The van der Waals surface area contributed by atoms with Crippen molar-refractivity contribution in [2.24, 2.45) is 5.92 Å². The largest absolute Gasteiger partial charge is 0.346 e. The van der Waals surface area contributed by atoms with Crippen LogP contribution in [0.4, 0.5) is 0 Å². The van der Waals surface area contributed by atoms with Crippen molar-refractivity contribution in [3.8, 4) is 17.3 Å². The van der Waals surface area contributed by atoms with Crippen molar-refractivity contribution in [2.45, 2.75) is 31.7 Å². The van der Waals surface area contributed by atoms with E-state index in [-0.39, 0.29) is 17.7 Å². The highest BCUT2D eigenvalue weighted by molar-refractivity contribution is 5.90. The van der Waals surface area contributed by atoms with E-state index in [1.54, 1.807) is 6.20 Å². The maximum Gasteiger partial charge on any atom is 0.141 e. The Morgan fingerprint density at radius 1 is 1.46 bits per heavy atom. The summed E-state index contributed by atoms with van der Waals surface area (Å²) in [4.78, 5) is 23.2. The maximum absolute atomic E-state index is 11.6. The molecule has 0 amide bonds. The molecular formula is C17H16N6O. The molecular weight excluding hydrogens is 304 g/mol. The third-order valence-electron chi connectivity index (χ3n) is 4.70. The van der Waals surface area contributed by atoms with E-state index in [2.05, 4.69) is 26.1 Å². The molecule has 4 rings (SSSR count). The summed E-state index contributed by atoms with van der Waals surface area (Å²) in [7, 11) is 0. The Labute approximate surface area is 138 Å². The van der Waals surface area contributed by atoms with Crippen molar-refractivity contribution >= 4 is 16.8 Å². The molecule has 3 aromatic rings. The van der Waals surface area contributed by atoms with E-state index in [9.17, 15) is 4.79 Å². The highest BCUT2D eigenvalue weighted by Crippen LogP contribution is 2.35. The van der Waals surface area contributed by atoms with Crippen LogP contribution in [0.1, 0.15) is 31.7 Å². The van der Waals surface area contributed by atoms with Gasteiger partial charge in [-0.1, -0.05) is 0 Å². The highest BCUT2D eigenvalue weighted by Gasteiger charge is 2.31. The summed E-state index contributed by atoms with van der Waals surface area (Å²) in [5.74, 6) is 0.461. The molecule has 2 atom stereocenters. The van der Waals surface area contributed by atoms with Gasteiger partial charge in [-0.3, -0.25) is 9.48 Å². The summed E-state index contributed by atoms with van der Waals surface area (Å²) in [6.45, 7) is 0. The molecule has 1 N–H and O–H groups in total. The van der Waals surface area contributed by atoms with Gasteiger partial charge in [0, 0.05) is 36.2 Å². The molecule has 3 aromatic heterocycles. The number of Topliss-reactive ketones (excluding diaryl/α,β-unsaturated/α-hetero) is 1. The molecule has 1 fully saturated rings. The van der Waals surface area contributed by atoms with Crippen LogP contribution in [0.2, 0.25) is 0 Å². The van der Waals surface area contributed by atoms with Crippen LogP contribution < -0.4 is 0 Å². The predicted molar refractivity (Wildman–Crippen MR) is 86.7 cm³/mol. The molecule has 7 heteroatoms. The second-order valence-electron chi connectivity index (χ2n) is 6.14. The third-order valence-corrected chi connectivity index (χ3v) is 4.70. The van der Waals surface area contributed by atoms with Gasteiger partial charge in [0.25, 0.3) is 0 Å². The van der Waals surface area contributed by atoms with Crippen molar-refractivity contribution in [1.29, 1.82) is 5.26 Å². The molecule has 0 radical (unpaired) electrons. The first-order chi connectivity index (χ1) is 11.8. The SMILES string of the molecule is N#CC[C@H](C1CCC(=O)C1)n1cc(-c2ncnc3[nH]ccc23)cn1. The molecule has 0 bridgehead atoms. The minimum absolute atomic E-state index is 0.0706. The van der Waals surface area contributed by atoms with Crippen LogP contribution in [0.15, 0.2) is 31.0 Å². The molecule has 120 valence electrons. The number of H-pyrrole nitrogens is 1. The summed E-state index contributed by atoms with van der Waals surface area (Å²) in [5.41, 5.74) is 2.47. The maximum atomic E-state index is 11.6. The number of aromatic amines is 1. The fraction of sp³-hybridized carbons (Fsp3) is 0.353. The van der Waals surface area contributed by atoms with Crippen molar-refractivity contribution in [3.63, 3.8) is 0 Å². The number of ketones is 1. The van der Waals surface area contributed by atoms with Gasteiger partial charge in [0.05, 0.1) is 30.4 Å². The topological polar surface area (TPSA) is 100 Å². The number of hydrogen-bond acceptors (Lipinski definition) is 5.